The van der Waals surface area contributed by atoms with E-state index in [1.54, 1.807) is 0 Å². The highest BCUT2D eigenvalue weighted by molar-refractivity contribution is 6.30. The Kier molecular flexibility index (Phi) is 4.98. The number of benzene rings is 2. The van der Waals surface area contributed by atoms with Gasteiger partial charge in [-0.1, -0.05) is 35.9 Å². The number of rotatable bonds is 3. The highest BCUT2D eigenvalue weighted by Gasteiger charge is 2.36. The zero-order chi connectivity index (χ0) is 18.9. The lowest BCUT2D eigenvalue weighted by atomic mass is 9.96. The smallest absolute Gasteiger partial charge is 0.191 e. The minimum Gasteiger partial charge on any atom is -0.383 e. The number of anilines is 1. The van der Waals surface area contributed by atoms with E-state index in [4.69, 9.17) is 17.3 Å². The largest absolute Gasteiger partial charge is 0.383 e. The van der Waals surface area contributed by atoms with Crippen molar-refractivity contribution in [3.63, 3.8) is 0 Å². The molecule has 27 heavy (non-hydrogen) atoms. The van der Waals surface area contributed by atoms with Gasteiger partial charge in [0.2, 0.25) is 0 Å². The van der Waals surface area contributed by atoms with Gasteiger partial charge in [-0.25, -0.2) is 4.99 Å². The summed E-state index contributed by atoms with van der Waals surface area (Å²) in [6.07, 6.45) is 1.59. The lowest BCUT2D eigenvalue weighted by Gasteiger charge is -2.37. The van der Waals surface area contributed by atoms with Gasteiger partial charge in [0.1, 0.15) is 5.60 Å². The number of nitrogens with zero attached hydrogens (tertiary/aromatic N) is 3. The number of aliphatic imine (C=N–C) groups is 1. The third kappa shape index (κ3) is 3.75. The predicted molar refractivity (Wildman–Crippen MR) is 110 cm³/mol. The molecule has 0 spiro atoms. The van der Waals surface area contributed by atoms with E-state index in [0.29, 0.717) is 18.9 Å². The van der Waals surface area contributed by atoms with Crippen LogP contribution in [0.25, 0.3) is 0 Å². The van der Waals surface area contributed by atoms with Gasteiger partial charge in [-0.15, -0.1) is 0 Å². The molecule has 1 atom stereocenters. The van der Waals surface area contributed by atoms with Crippen molar-refractivity contribution < 1.29 is 5.11 Å². The van der Waals surface area contributed by atoms with Crippen LogP contribution in [-0.4, -0.2) is 48.7 Å². The Hall–Kier alpha value is -2.24. The molecule has 2 aromatic carbocycles. The topological polar surface area (TPSA) is 65.1 Å². The number of aryl methyl sites for hydroxylation is 1. The molecule has 0 amide bonds. The van der Waals surface area contributed by atoms with Crippen LogP contribution < -0.4 is 10.6 Å². The molecule has 1 aliphatic heterocycles. The molecule has 0 bridgehead atoms. The van der Waals surface area contributed by atoms with Crippen LogP contribution in [0.5, 0.6) is 0 Å². The Morgan fingerprint density at radius 2 is 1.78 bits per heavy atom. The summed E-state index contributed by atoms with van der Waals surface area (Å²) >= 11 is 5.97. The van der Waals surface area contributed by atoms with E-state index < -0.39 is 5.60 Å². The number of fused-ring (bicyclic) bond motifs is 1. The summed E-state index contributed by atoms with van der Waals surface area (Å²) in [6.45, 7) is 3.70. The third-order valence-electron chi connectivity index (χ3n) is 5.62. The molecule has 1 heterocycles. The number of hydrogen-bond acceptors (Lipinski definition) is 3. The monoisotopic (exact) mass is 384 g/mol. The van der Waals surface area contributed by atoms with E-state index >= 15 is 0 Å². The second-order valence-corrected chi connectivity index (χ2v) is 7.75. The molecule has 1 fully saturated rings. The molecule has 1 saturated heterocycles. The molecule has 3 N–H and O–H groups in total. The molecule has 0 radical (unpaired) electrons. The summed E-state index contributed by atoms with van der Waals surface area (Å²) in [5, 5.41) is 11.8. The molecular weight excluding hydrogens is 360 g/mol. The molecular formula is C21H25ClN4O. The Balaban J connectivity index is 1.37. The van der Waals surface area contributed by atoms with Crippen LogP contribution in [0.2, 0.25) is 5.02 Å². The quantitative estimate of drug-likeness (QED) is 0.630. The van der Waals surface area contributed by atoms with Crippen molar-refractivity contribution in [2.24, 2.45) is 10.7 Å². The lowest BCUT2D eigenvalue weighted by Crippen LogP contribution is -2.51. The Bertz CT molecular complexity index is 830. The van der Waals surface area contributed by atoms with Crippen LogP contribution >= 0.6 is 11.6 Å². The fraction of sp³-hybridized carbons (Fsp3) is 0.381. The fourth-order valence-corrected chi connectivity index (χ4v) is 4.12. The molecule has 5 nitrogen and oxygen atoms in total. The van der Waals surface area contributed by atoms with E-state index in [-0.39, 0.29) is 0 Å². The first kappa shape index (κ1) is 18.1. The molecule has 0 aromatic heterocycles. The zero-order valence-electron chi connectivity index (χ0n) is 15.3. The van der Waals surface area contributed by atoms with Gasteiger partial charge in [0.05, 0.1) is 6.54 Å². The molecule has 2 aliphatic rings. The minimum atomic E-state index is -0.896. The van der Waals surface area contributed by atoms with Crippen molar-refractivity contribution in [2.45, 2.75) is 18.4 Å². The van der Waals surface area contributed by atoms with E-state index in [1.165, 1.54) is 11.3 Å². The van der Waals surface area contributed by atoms with Crippen molar-refractivity contribution in [1.29, 1.82) is 0 Å². The van der Waals surface area contributed by atoms with Crippen molar-refractivity contribution in [2.75, 3.05) is 37.6 Å². The summed E-state index contributed by atoms with van der Waals surface area (Å²) in [5.74, 6) is 0.517. The van der Waals surface area contributed by atoms with Crippen LogP contribution in [0.1, 0.15) is 17.5 Å². The van der Waals surface area contributed by atoms with Gasteiger partial charge >= 0.3 is 0 Å². The van der Waals surface area contributed by atoms with Crippen molar-refractivity contribution >= 4 is 23.2 Å². The Labute approximate surface area is 165 Å². The van der Waals surface area contributed by atoms with E-state index in [1.807, 2.05) is 42.5 Å². The Morgan fingerprint density at radius 3 is 2.52 bits per heavy atom. The SMILES string of the molecule is NC(=NCC1(O)CCc2ccccc21)N1CCN(c2ccc(Cl)cc2)CC1. The summed E-state index contributed by atoms with van der Waals surface area (Å²) in [4.78, 5) is 8.96. The van der Waals surface area contributed by atoms with Gasteiger partial charge in [-0.05, 0) is 48.2 Å². The second kappa shape index (κ2) is 7.41. The van der Waals surface area contributed by atoms with Gasteiger partial charge in [0.15, 0.2) is 5.96 Å². The number of aliphatic hydroxyl groups is 1. The van der Waals surface area contributed by atoms with Gasteiger partial charge in [0.25, 0.3) is 0 Å². The number of nitrogens with two attached hydrogens (primary N) is 1. The van der Waals surface area contributed by atoms with Crippen molar-refractivity contribution in [3.8, 4) is 0 Å². The highest BCUT2D eigenvalue weighted by Crippen LogP contribution is 2.36. The maximum absolute atomic E-state index is 11.0. The molecule has 1 aliphatic carbocycles. The molecule has 0 saturated carbocycles. The first-order valence-corrected chi connectivity index (χ1v) is 9.79. The summed E-state index contributed by atoms with van der Waals surface area (Å²) in [5.41, 5.74) is 8.72. The first-order valence-electron chi connectivity index (χ1n) is 9.41. The van der Waals surface area contributed by atoms with Gasteiger partial charge < -0.3 is 20.6 Å². The van der Waals surface area contributed by atoms with E-state index in [9.17, 15) is 5.11 Å². The second-order valence-electron chi connectivity index (χ2n) is 7.31. The number of hydrogen-bond donors (Lipinski definition) is 2. The number of guanidine groups is 1. The number of halogens is 1. The summed E-state index contributed by atoms with van der Waals surface area (Å²) in [6, 6.07) is 16.0. The van der Waals surface area contributed by atoms with Crippen LogP contribution in [-0.2, 0) is 12.0 Å². The first-order chi connectivity index (χ1) is 13.0. The molecule has 1 unspecified atom stereocenters. The molecule has 142 valence electrons. The van der Waals surface area contributed by atoms with Crippen molar-refractivity contribution in [1.82, 2.24) is 4.90 Å². The highest BCUT2D eigenvalue weighted by atomic mass is 35.5. The molecule has 2 aromatic rings. The molecule has 4 rings (SSSR count). The maximum Gasteiger partial charge on any atom is 0.191 e. The normalized spacial score (nSPS) is 22.8. The van der Waals surface area contributed by atoms with Crippen molar-refractivity contribution in [3.05, 3.63) is 64.7 Å². The summed E-state index contributed by atoms with van der Waals surface area (Å²) in [7, 11) is 0. The maximum atomic E-state index is 11.0. The average Bonchev–Trinajstić information content (AvgIpc) is 3.04. The van der Waals surface area contributed by atoms with E-state index in [2.05, 4.69) is 20.9 Å². The van der Waals surface area contributed by atoms with Gasteiger partial charge in [0, 0.05) is 36.9 Å². The fourth-order valence-electron chi connectivity index (χ4n) is 3.99. The summed E-state index contributed by atoms with van der Waals surface area (Å²) < 4.78 is 0. The van der Waals surface area contributed by atoms with Crippen LogP contribution in [0.15, 0.2) is 53.5 Å². The third-order valence-corrected chi connectivity index (χ3v) is 5.88. The average molecular weight is 385 g/mol. The lowest BCUT2D eigenvalue weighted by molar-refractivity contribution is 0.0483. The van der Waals surface area contributed by atoms with Crippen LogP contribution in [0.3, 0.4) is 0 Å². The number of piperazine rings is 1. The predicted octanol–water partition coefficient (Wildman–Crippen LogP) is 2.61. The van der Waals surface area contributed by atoms with Gasteiger partial charge in [-0.3, -0.25) is 0 Å². The van der Waals surface area contributed by atoms with Crippen LogP contribution in [0, 0.1) is 0 Å². The van der Waals surface area contributed by atoms with E-state index in [0.717, 1.165) is 43.2 Å². The standard InChI is InChI=1S/C21H25ClN4O/c22-17-5-7-18(8-6-17)25-11-13-26(14-12-25)20(23)24-15-21(27)10-9-16-3-1-2-4-19(16)21/h1-8,27H,9-15H2,(H2,23,24). The Morgan fingerprint density at radius 1 is 1.07 bits per heavy atom. The van der Waals surface area contributed by atoms with Gasteiger partial charge in [-0.2, -0.15) is 0 Å². The van der Waals surface area contributed by atoms with Crippen LogP contribution in [0.4, 0.5) is 5.69 Å². The molecule has 6 heteroatoms. The zero-order valence-corrected chi connectivity index (χ0v) is 16.1. The minimum absolute atomic E-state index is 0.313.